The van der Waals surface area contributed by atoms with Gasteiger partial charge in [0.25, 0.3) is 0 Å². The standard InChI is InChI=1S/C13H26N2/c1-10-9-15(3)11(2)7-13(10)14-8-12-5-4-6-12/h10-14H,4-9H2,1-3H3. The predicted octanol–water partition coefficient (Wildman–Crippen LogP) is 2.10. The summed E-state index contributed by atoms with van der Waals surface area (Å²) >= 11 is 0. The van der Waals surface area contributed by atoms with Gasteiger partial charge in [0.15, 0.2) is 0 Å². The third-order valence-corrected chi connectivity index (χ3v) is 4.50. The molecule has 1 N–H and O–H groups in total. The molecule has 2 rings (SSSR count). The Balaban J connectivity index is 1.75. The molecule has 88 valence electrons. The molecule has 0 aromatic carbocycles. The summed E-state index contributed by atoms with van der Waals surface area (Å²) in [5.74, 6) is 1.80. The predicted molar refractivity (Wildman–Crippen MR) is 65.0 cm³/mol. The highest BCUT2D eigenvalue weighted by Crippen LogP contribution is 2.27. The molecular weight excluding hydrogens is 184 g/mol. The number of rotatable bonds is 3. The van der Waals surface area contributed by atoms with E-state index in [-0.39, 0.29) is 0 Å². The van der Waals surface area contributed by atoms with Crippen LogP contribution in [0.25, 0.3) is 0 Å². The summed E-state index contributed by atoms with van der Waals surface area (Å²) in [6, 6.07) is 1.51. The number of likely N-dealkylation sites (tertiary alicyclic amines) is 1. The molecule has 0 bridgehead atoms. The third-order valence-electron chi connectivity index (χ3n) is 4.50. The maximum Gasteiger partial charge on any atom is 0.0120 e. The Morgan fingerprint density at radius 3 is 2.60 bits per heavy atom. The van der Waals surface area contributed by atoms with Gasteiger partial charge in [-0.05, 0) is 51.6 Å². The van der Waals surface area contributed by atoms with E-state index >= 15 is 0 Å². The van der Waals surface area contributed by atoms with Crippen molar-refractivity contribution in [2.75, 3.05) is 20.1 Å². The number of nitrogens with zero attached hydrogens (tertiary/aromatic N) is 1. The van der Waals surface area contributed by atoms with Crippen LogP contribution in [0.2, 0.25) is 0 Å². The maximum atomic E-state index is 3.80. The van der Waals surface area contributed by atoms with Crippen LogP contribution < -0.4 is 5.32 Å². The molecule has 1 aliphatic heterocycles. The smallest absolute Gasteiger partial charge is 0.0120 e. The van der Waals surface area contributed by atoms with Gasteiger partial charge in [-0.2, -0.15) is 0 Å². The molecule has 1 saturated carbocycles. The first-order valence-corrected chi connectivity index (χ1v) is 6.60. The summed E-state index contributed by atoms with van der Waals surface area (Å²) in [6.45, 7) is 7.26. The lowest BCUT2D eigenvalue weighted by molar-refractivity contribution is 0.116. The van der Waals surface area contributed by atoms with Crippen LogP contribution >= 0.6 is 0 Å². The van der Waals surface area contributed by atoms with Crippen molar-refractivity contribution in [3.63, 3.8) is 0 Å². The van der Waals surface area contributed by atoms with Crippen molar-refractivity contribution >= 4 is 0 Å². The van der Waals surface area contributed by atoms with Crippen molar-refractivity contribution in [3.05, 3.63) is 0 Å². The molecule has 0 spiro atoms. The minimum atomic E-state index is 0.750. The molecule has 0 amide bonds. The van der Waals surface area contributed by atoms with Crippen LogP contribution in [0.3, 0.4) is 0 Å². The molecule has 3 atom stereocenters. The van der Waals surface area contributed by atoms with Crippen molar-refractivity contribution in [2.24, 2.45) is 11.8 Å². The molecule has 0 aromatic heterocycles. The lowest BCUT2D eigenvalue weighted by Crippen LogP contribution is -2.51. The van der Waals surface area contributed by atoms with Crippen molar-refractivity contribution in [1.82, 2.24) is 10.2 Å². The topological polar surface area (TPSA) is 15.3 Å². The highest BCUT2D eigenvalue weighted by Gasteiger charge is 2.29. The molecule has 1 saturated heterocycles. The second-order valence-electron chi connectivity index (χ2n) is 5.81. The Morgan fingerprint density at radius 1 is 1.27 bits per heavy atom. The summed E-state index contributed by atoms with van der Waals surface area (Å²) in [6.07, 6.45) is 5.71. The zero-order valence-electron chi connectivity index (χ0n) is 10.5. The van der Waals surface area contributed by atoms with Gasteiger partial charge in [-0.25, -0.2) is 0 Å². The molecule has 1 aliphatic carbocycles. The largest absolute Gasteiger partial charge is 0.313 e. The van der Waals surface area contributed by atoms with Gasteiger partial charge in [0, 0.05) is 18.6 Å². The van der Waals surface area contributed by atoms with Crippen molar-refractivity contribution in [2.45, 2.75) is 51.6 Å². The highest BCUT2D eigenvalue weighted by molar-refractivity contribution is 4.87. The summed E-state index contributed by atoms with van der Waals surface area (Å²) in [4.78, 5) is 2.49. The summed E-state index contributed by atoms with van der Waals surface area (Å²) in [5.41, 5.74) is 0. The summed E-state index contributed by atoms with van der Waals surface area (Å²) in [5, 5.41) is 3.80. The number of hydrogen-bond donors (Lipinski definition) is 1. The van der Waals surface area contributed by atoms with Crippen LogP contribution in [0, 0.1) is 11.8 Å². The first-order chi connectivity index (χ1) is 7.16. The van der Waals surface area contributed by atoms with Crippen LogP contribution in [0.1, 0.15) is 39.5 Å². The van der Waals surface area contributed by atoms with Crippen LogP contribution in [0.5, 0.6) is 0 Å². The fraction of sp³-hybridized carbons (Fsp3) is 1.00. The molecular formula is C13H26N2. The minimum absolute atomic E-state index is 0.750. The highest BCUT2D eigenvalue weighted by atomic mass is 15.2. The van der Waals surface area contributed by atoms with E-state index in [1.807, 2.05) is 0 Å². The second-order valence-corrected chi connectivity index (χ2v) is 5.81. The Morgan fingerprint density at radius 2 is 2.00 bits per heavy atom. The zero-order chi connectivity index (χ0) is 10.8. The lowest BCUT2D eigenvalue weighted by atomic mass is 9.84. The summed E-state index contributed by atoms with van der Waals surface area (Å²) < 4.78 is 0. The molecule has 0 aromatic rings. The Kier molecular flexibility index (Phi) is 3.68. The molecule has 2 aliphatic rings. The molecule has 2 heteroatoms. The van der Waals surface area contributed by atoms with Gasteiger partial charge in [-0.1, -0.05) is 13.3 Å². The van der Waals surface area contributed by atoms with Gasteiger partial charge in [0.05, 0.1) is 0 Å². The van der Waals surface area contributed by atoms with Crippen molar-refractivity contribution < 1.29 is 0 Å². The quantitative estimate of drug-likeness (QED) is 0.767. The van der Waals surface area contributed by atoms with Gasteiger partial charge in [-0.15, -0.1) is 0 Å². The fourth-order valence-corrected chi connectivity index (χ4v) is 2.84. The van der Waals surface area contributed by atoms with Crippen LogP contribution in [-0.4, -0.2) is 37.1 Å². The zero-order valence-corrected chi connectivity index (χ0v) is 10.5. The monoisotopic (exact) mass is 210 g/mol. The summed E-state index contributed by atoms with van der Waals surface area (Å²) in [7, 11) is 2.25. The molecule has 1 heterocycles. The fourth-order valence-electron chi connectivity index (χ4n) is 2.84. The minimum Gasteiger partial charge on any atom is -0.313 e. The van der Waals surface area contributed by atoms with Crippen molar-refractivity contribution in [1.29, 1.82) is 0 Å². The van der Waals surface area contributed by atoms with Gasteiger partial charge in [0.1, 0.15) is 0 Å². The average Bonchev–Trinajstić information content (AvgIpc) is 2.11. The second kappa shape index (κ2) is 4.84. The van der Waals surface area contributed by atoms with Gasteiger partial charge < -0.3 is 10.2 Å². The van der Waals surface area contributed by atoms with E-state index in [9.17, 15) is 0 Å². The number of nitrogens with one attached hydrogen (secondary N) is 1. The third kappa shape index (κ3) is 2.73. The lowest BCUT2D eigenvalue weighted by Gasteiger charge is -2.41. The van der Waals surface area contributed by atoms with E-state index in [1.165, 1.54) is 38.8 Å². The van der Waals surface area contributed by atoms with Crippen molar-refractivity contribution in [3.8, 4) is 0 Å². The van der Waals surface area contributed by atoms with E-state index in [4.69, 9.17) is 0 Å². The first kappa shape index (κ1) is 11.4. The molecule has 2 fully saturated rings. The van der Waals surface area contributed by atoms with Crippen LogP contribution in [-0.2, 0) is 0 Å². The van der Waals surface area contributed by atoms with Gasteiger partial charge in [0.2, 0.25) is 0 Å². The number of piperidine rings is 1. The van der Waals surface area contributed by atoms with E-state index < -0.39 is 0 Å². The molecule has 3 unspecified atom stereocenters. The number of hydrogen-bond acceptors (Lipinski definition) is 2. The normalized spacial score (nSPS) is 39.0. The molecule has 2 nitrogen and oxygen atoms in total. The van der Waals surface area contributed by atoms with Crippen LogP contribution in [0.15, 0.2) is 0 Å². The molecule has 0 radical (unpaired) electrons. The SMILES string of the molecule is CC1CN(C)C(C)CC1NCC1CCC1. The van der Waals surface area contributed by atoms with E-state index in [0.717, 1.165) is 23.9 Å². The van der Waals surface area contributed by atoms with Gasteiger partial charge >= 0.3 is 0 Å². The average molecular weight is 210 g/mol. The Hall–Kier alpha value is -0.0800. The first-order valence-electron chi connectivity index (χ1n) is 6.60. The van der Waals surface area contributed by atoms with Gasteiger partial charge in [-0.3, -0.25) is 0 Å². The van der Waals surface area contributed by atoms with Crippen LogP contribution in [0.4, 0.5) is 0 Å². The maximum absolute atomic E-state index is 3.80. The van der Waals surface area contributed by atoms with E-state index in [0.29, 0.717) is 0 Å². The van der Waals surface area contributed by atoms with E-state index in [2.05, 4.69) is 31.1 Å². The van der Waals surface area contributed by atoms with E-state index in [1.54, 1.807) is 0 Å². The Labute approximate surface area is 94.4 Å². The Bertz CT molecular complexity index is 201. The molecule has 15 heavy (non-hydrogen) atoms.